The summed E-state index contributed by atoms with van der Waals surface area (Å²) in [5.74, 6) is 0. The first-order valence-corrected chi connectivity index (χ1v) is 4.33. The van der Waals surface area contributed by atoms with E-state index in [2.05, 4.69) is 20.9 Å². The molecule has 2 heterocycles. The maximum absolute atomic E-state index is 3.68. The van der Waals surface area contributed by atoms with Crippen LogP contribution in [0.2, 0.25) is 0 Å². The molecule has 0 N–H and O–H groups in total. The molecule has 0 radical (unpaired) electrons. The highest BCUT2D eigenvalue weighted by Crippen LogP contribution is 2.12. The van der Waals surface area contributed by atoms with Crippen LogP contribution in [0, 0.1) is 0 Å². The van der Waals surface area contributed by atoms with Gasteiger partial charge in [-0.25, -0.2) is 0 Å². The molecule has 2 rings (SSSR count). The summed E-state index contributed by atoms with van der Waals surface area (Å²) in [6.45, 7) is 1.97. The van der Waals surface area contributed by atoms with Crippen LogP contribution in [0.15, 0.2) is 20.9 Å². The molecule has 0 spiro atoms. The van der Waals surface area contributed by atoms with Gasteiger partial charge in [0.05, 0.1) is 13.1 Å². The lowest BCUT2D eigenvalue weighted by Crippen LogP contribution is -2.00. The molecule has 0 aliphatic carbocycles. The summed E-state index contributed by atoms with van der Waals surface area (Å²) >= 11 is 0. The summed E-state index contributed by atoms with van der Waals surface area (Å²) in [7, 11) is 0. The van der Waals surface area contributed by atoms with Crippen molar-refractivity contribution in [3.63, 3.8) is 0 Å². The third kappa shape index (κ3) is 2.81. The van der Waals surface area contributed by atoms with Crippen LogP contribution in [0.5, 0.6) is 0 Å². The summed E-state index contributed by atoms with van der Waals surface area (Å²) in [5.41, 5.74) is 0. The van der Waals surface area contributed by atoms with Crippen molar-refractivity contribution in [1.82, 2.24) is 10.2 Å². The molecule has 0 aromatic rings. The Kier molecular flexibility index (Phi) is 2.15. The molecule has 0 bridgehead atoms. The lowest BCUT2D eigenvalue weighted by Gasteiger charge is -1.98. The van der Waals surface area contributed by atoms with E-state index in [1.54, 1.807) is 10.2 Å². The van der Waals surface area contributed by atoms with Crippen molar-refractivity contribution in [3.05, 3.63) is 0 Å². The number of unbranched alkanes of at least 4 members (excludes halogenated alkanes) is 3. The lowest BCUT2D eigenvalue weighted by molar-refractivity contribution is 0.422. The first-order valence-electron chi connectivity index (χ1n) is 4.33. The number of nitrogens with zero attached hydrogens (tertiary/aromatic N) is 6. The van der Waals surface area contributed by atoms with Gasteiger partial charge in [-0.05, 0) is 33.7 Å². The first-order chi connectivity index (χ1) is 5.95. The molecule has 0 unspecified atom stereocenters. The second-order valence-corrected chi connectivity index (χ2v) is 2.96. The van der Waals surface area contributed by atoms with Gasteiger partial charge in [0.15, 0.2) is 0 Å². The van der Waals surface area contributed by atoms with E-state index in [4.69, 9.17) is 0 Å². The molecule has 0 aromatic heterocycles. The molecule has 0 fully saturated rings. The topological polar surface area (TPSA) is 55.5 Å². The van der Waals surface area contributed by atoms with Crippen LogP contribution in [-0.2, 0) is 0 Å². The summed E-state index contributed by atoms with van der Waals surface area (Å²) in [5, 5.41) is 18.2. The van der Waals surface area contributed by atoms with Gasteiger partial charge in [-0.2, -0.15) is 0 Å². The van der Waals surface area contributed by atoms with Crippen LogP contribution in [0.4, 0.5) is 0 Å². The Balaban J connectivity index is 1.31. The highest BCUT2D eigenvalue weighted by atomic mass is 15.9. The Hall–Kier alpha value is -1.20. The van der Waals surface area contributed by atoms with E-state index >= 15 is 0 Å². The maximum atomic E-state index is 3.68. The van der Waals surface area contributed by atoms with E-state index in [0.29, 0.717) is 0 Å². The van der Waals surface area contributed by atoms with Crippen LogP contribution in [0.25, 0.3) is 0 Å². The van der Waals surface area contributed by atoms with Gasteiger partial charge in [-0.1, -0.05) is 12.8 Å². The van der Waals surface area contributed by atoms with Gasteiger partial charge in [-0.3, -0.25) is 0 Å². The Bertz CT molecular complexity index is 166. The molecule has 66 valence electrons. The summed E-state index contributed by atoms with van der Waals surface area (Å²) in [4.78, 5) is 0. The number of hydrogen-bond donors (Lipinski definition) is 0. The van der Waals surface area contributed by atoms with Crippen LogP contribution in [-0.4, -0.2) is 23.3 Å². The van der Waals surface area contributed by atoms with Gasteiger partial charge in [-0.15, -0.1) is 10.2 Å². The van der Waals surface area contributed by atoms with Crippen molar-refractivity contribution in [1.29, 1.82) is 0 Å². The SMILES string of the molecule is C(CCCN1N=N1)CCN1N=N1. The largest absolute Gasteiger partial charge is 0.144 e. The molecule has 6 heteroatoms. The second kappa shape index (κ2) is 3.46. The van der Waals surface area contributed by atoms with Crippen molar-refractivity contribution in [2.75, 3.05) is 13.1 Å². The Morgan fingerprint density at radius 3 is 1.33 bits per heavy atom. The zero-order valence-electron chi connectivity index (χ0n) is 6.93. The van der Waals surface area contributed by atoms with Crippen molar-refractivity contribution >= 4 is 0 Å². The molecule has 6 nitrogen and oxygen atoms in total. The van der Waals surface area contributed by atoms with Crippen molar-refractivity contribution in [2.24, 2.45) is 20.9 Å². The van der Waals surface area contributed by atoms with Gasteiger partial charge in [0.1, 0.15) is 0 Å². The van der Waals surface area contributed by atoms with E-state index in [-0.39, 0.29) is 0 Å². The molecule has 12 heavy (non-hydrogen) atoms. The number of rotatable bonds is 7. The molecule has 2 aliphatic heterocycles. The van der Waals surface area contributed by atoms with E-state index < -0.39 is 0 Å². The zero-order valence-corrected chi connectivity index (χ0v) is 6.93. The average molecular weight is 168 g/mol. The predicted molar refractivity (Wildman–Crippen MR) is 41.6 cm³/mol. The fourth-order valence-electron chi connectivity index (χ4n) is 1.10. The second-order valence-electron chi connectivity index (χ2n) is 2.96. The van der Waals surface area contributed by atoms with Crippen LogP contribution in [0.3, 0.4) is 0 Å². The summed E-state index contributed by atoms with van der Waals surface area (Å²) in [6.07, 6.45) is 4.85. The first kappa shape index (κ1) is 7.45. The molecule has 0 saturated carbocycles. The third-order valence-electron chi connectivity index (χ3n) is 1.90. The average Bonchev–Trinajstić information content (AvgIpc) is 2.89. The highest BCUT2D eigenvalue weighted by molar-refractivity contribution is 4.53. The molecular formula is C6H12N6. The Morgan fingerprint density at radius 2 is 1.00 bits per heavy atom. The van der Waals surface area contributed by atoms with E-state index in [1.165, 1.54) is 25.7 Å². The van der Waals surface area contributed by atoms with Crippen molar-refractivity contribution < 1.29 is 0 Å². The summed E-state index contributed by atoms with van der Waals surface area (Å²) < 4.78 is 0. The van der Waals surface area contributed by atoms with Gasteiger partial charge >= 0.3 is 0 Å². The van der Waals surface area contributed by atoms with E-state index in [0.717, 1.165) is 13.1 Å². The maximum Gasteiger partial charge on any atom is 0.0643 e. The van der Waals surface area contributed by atoms with Crippen LogP contribution < -0.4 is 0 Å². The van der Waals surface area contributed by atoms with Gasteiger partial charge in [0.2, 0.25) is 0 Å². The molecule has 0 atom stereocenters. The molecule has 0 amide bonds. The van der Waals surface area contributed by atoms with Crippen LogP contribution in [0.1, 0.15) is 25.7 Å². The third-order valence-corrected chi connectivity index (χ3v) is 1.90. The fourth-order valence-corrected chi connectivity index (χ4v) is 1.10. The Labute approximate surface area is 70.8 Å². The van der Waals surface area contributed by atoms with E-state index in [1.807, 2.05) is 0 Å². The monoisotopic (exact) mass is 168 g/mol. The predicted octanol–water partition coefficient (Wildman–Crippen LogP) is 1.74. The van der Waals surface area contributed by atoms with Gasteiger partial charge in [0, 0.05) is 0 Å². The smallest absolute Gasteiger partial charge is 0.0643 e. The molecule has 0 aromatic carbocycles. The minimum Gasteiger partial charge on any atom is -0.144 e. The van der Waals surface area contributed by atoms with E-state index in [9.17, 15) is 0 Å². The quantitative estimate of drug-likeness (QED) is 0.544. The standard InChI is InChI=1S/C6H12N6/c1(3-5-11-7-8-11)2-4-6-12-9-10-12/h1-6H2. The molecule has 0 saturated heterocycles. The van der Waals surface area contributed by atoms with Crippen molar-refractivity contribution in [3.8, 4) is 0 Å². The Morgan fingerprint density at radius 1 is 0.583 bits per heavy atom. The minimum atomic E-state index is 0.985. The van der Waals surface area contributed by atoms with Gasteiger partial charge < -0.3 is 0 Å². The zero-order chi connectivity index (χ0) is 8.23. The number of hydrogen-bond acceptors (Lipinski definition) is 6. The normalized spacial score (nSPS) is 17.3. The van der Waals surface area contributed by atoms with Crippen molar-refractivity contribution in [2.45, 2.75) is 25.7 Å². The summed E-state index contributed by atoms with van der Waals surface area (Å²) in [6, 6.07) is 0. The lowest BCUT2D eigenvalue weighted by atomic mass is 10.2. The van der Waals surface area contributed by atoms with Crippen LogP contribution >= 0.6 is 0 Å². The van der Waals surface area contributed by atoms with Gasteiger partial charge in [0.25, 0.3) is 0 Å². The minimum absolute atomic E-state index is 0.985. The molecular weight excluding hydrogens is 156 g/mol. The molecule has 2 aliphatic rings. The fraction of sp³-hybridized carbons (Fsp3) is 1.00. The highest BCUT2D eigenvalue weighted by Gasteiger charge is 2.10.